The van der Waals surface area contributed by atoms with Crippen molar-refractivity contribution in [2.75, 3.05) is 0 Å². The van der Waals surface area contributed by atoms with E-state index in [2.05, 4.69) is 65.2 Å². The van der Waals surface area contributed by atoms with Crippen LogP contribution in [0.1, 0.15) is 299 Å². The summed E-state index contributed by atoms with van der Waals surface area (Å²) in [5.74, 6) is 16.2. The normalized spacial score (nSPS) is 48.3. The molecular formula is C71H122N2. The van der Waals surface area contributed by atoms with E-state index in [0.29, 0.717) is 16.2 Å². The Labute approximate surface area is 454 Å². The number of rotatable bonds is 13. The fourth-order valence-corrected chi connectivity index (χ4v) is 27.4. The number of fused-ring (bicyclic) bond motifs is 9. The third-order valence-electron chi connectivity index (χ3n) is 30.1. The second-order valence-electron chi connectivity index (χ2n) is 31.1. The molecule has 0 aromatic heterocycles. The lowest BCUT2D eigenvalue weighted by molar-refractivity contribution is -0.0661. The Morgan fingerprint density at radius 2 is 0.575 bits per heavy atom. The smallest absolute Gasteiger partial charge is 0.0127 e. The highest BCUT2D eigenvalue weighted by atomic mass is 15.2. The molecule has 0 N–H and O–H groups in total. The van der Waals surface area contributed by atoms with Crippen LogP contribution in [0.5, 0.6) is 0 Å². The van der Waals surface area contributed by atoms with E-state index in [-0.39, 0.29) is 0 Å². The van der Waals surface area contributed by atoms with E-state index < -0.39 is 0 Å². The van der Waals surface area contributed by atoms with E-state index in [4.69, 9.17) is 0 Å². The van der Waals surface area contributed by atoms with Gasteiger partial charge >= 0.3 is 0 Å². The van der Waals surface area contributed by atoms with Crippen LogP contribution >= 0.6 is 0 Å². The molecule has 0 spiro atoms. The van der Waals surface area contributed by atoms with Gasteiger partial charge < -0.3 is 0 Å². The topological polar surface area (TPSA) is 6.48 Å². The molecule has 12 aliphatic carbocycles. The largest absolute Gasteiger partial charge is 0.294 e. The molecule has 2 heteroatoms. The van der Waals surface area contributed by atoms with E-state index in [9.17, 15) is 0 Å². The van der Waals surface area contributed by atoms with Gasteiger partial charge in [0.25, 0.3) is 0 Å². The van der Waals surface area contributed by atoms with Crippen molar-refractivity contribution in [1.29, 1.82) is 0 Å². The fraction of sp³-hybridized carbons (Fsp3) is 1.00. The molecule has 0 aromatic rings. The van der Waals surface area contributed by atoms with Gasteiger partial charge in [-0.3, -0.25) is 9.80 Å². The average Bonchev–Trinajstić information content (AvgIpc) is 4.01. The van der Waals surface area contributed by atoms with Crippen molar-refractivity contribution in [2.45, 2.75) is 336 Å². The molecule has 0 aromatic carbocycles. The summed E-state index contributed by atoms with van der Waals surface area (Å²) >= 11 is 0. The van der Waals surface area contributed by atoms with E-state index in [1.54, 1.807) is 116 Å². The summed E-state index contributed by atoms with van der Waals surface area (Å²) < 4.78 is 0. The molecule has 0 heterocycles. The summed E-state index contributed by atoms with van der Waals surface area (Å²) in [5, 5.41) is 0. The number of hydrogen-bond acceptors (Lipinski definition) is 2. The first-order valence-corrected chi connectivity index (χ1v) is 35.2. The second-order valence-corrected chi connectivity index (χ2v) is 31.1. The van der Waals surface area contributed by atoms with Crippen molar-refractivity contribution in [3.8, 4) is 0 Å². The van der Waals surface area contributed by atoms with Crippen LogP contribution < -0.4 is 0 Å². The maximum atomic E-state index is 3.53. The first-order valence-electron chi connectivity index (χ1n) is 35.2. The van der Waals surface area contributed by atoms with E-state index >= 15 is 0 Å². The first-order chi connectivity index (χ1) is 35.7. The van der Waals surface area contributed by atoms with Gasteiger partial charge in [0.2, 0.25) is 0 Å². The Kier molecular flexibility index (Phi) is 16.2. The summed E-state index contributed by atoms with van der Waals surface area (Å²) in [4.78, 5) is 6.94. The maximum Gasteiger partial charge on any atom is 0.0127 e. The lowest BCUT2D eigenvalue weighted by Crippen LogP contribution is -2.58. The predicted octanol–water partition coefficient (Wildman–Crippen LogP) is 19.8. The average molecular weight is 1000 g/mol. The zero-order chi connectivity index (χ0) is 50.2. The highest BCUT2D eigenvalue weighted by Crippen LogP contribution is 2.70. The van der Waals surface area contributed by atoms with Crippen molar-refractivity contribution < 1.29 is 0 Å². The van der Waals surface area contributed by atoms with Crippen LogP contribution in [0.3, 0.4) is 0 Å². The molecule has 12 rings (SSSR count). The summed E-state index contributed by atoms with van der Waals surface area (Å²) in [6.45, 7) is 21.6. The van der Waals surface area contributed by atoms with Gasteiger partial charge in [-0.05, 0) is 297 Å². The number of hydrogen-bond donors (Lipinski definition) is 0. The molecule has 12 fully saturated rings. The Balaban J connectivity index is 0.773. The van der Waals surface area contributed by atoms with Crippen molar-refractivity contribution >= 4 is 0 Å². The Bertz CT molecular complexity index is 1720. The van der Waals surface area contributed by atoms with Crippen LogP contribution in [0.15, 0.2) is 0 Å². The molecule has 12 saturated carbocycles. The first kappa shape index (κ1) is 53.6. The zero-order valence-corrected chi connectivity index (χ0v) is 50.0. The van der Waals surface area contributed by atoms with Crippen LogP contribution in [-0.2, 0) is 0 Å². The summed E-state index contributed by atoms with van der Waals surface area (Å²) in [6, 6.07) is 5.16. The molecule has 0 amide bonds. The van der Waals surface area contributed by atoms with Crippen molar-refractivity contribution in [3.63, 3.8) is 0 Å². The molecule has 0 radical (unpaired) electrons. The molecule has 12 aliphatic rings. The standard InChI is InChI=1S/C71H122N2/c1-9-69(10-2)61-29-21-18-26-55(61)58-37-34-52(44-64(58)69)72(51-24-16-15-17-25-51)67-40-32-49(42-47(67)7)50-33-41-68(48(8)43-50)73(53-35-38-59-56-27-19-22-30-62(56)70(11-3,12-4)65(59)45-53)54-36-39-60-57-28-20-23-31-63(57)71(13-5,14-6)66(60)46-54/h47-68H,9-46H2,1-8H3. The van der Waals surface area contributed by atoms with Gasteiger partial charge in [-0.25, -0.2) is 0 Å². The van der Waals surface area contributed by atoms with E-state index in [1.165, 1.54) is 128 Å². The van der Waals surface area contributed by atoms with Crippen molar-refractivity contribution in [1.82, 2.24) is 9.80 Å². The molecule has 73 heavy (non-hydrogen) atoms. The molecule has 0 bridgehead atoms. The maximum absolute atomic E-state index is 3.53. The van der Waals surface area contributed by atoms with Crippen molar-refractivity contribution in [3.05, 3.63) is 0 Å². The van der Waals surface area contributed by atoms with Crippen LogP contribution in [0.25, 0.3) is 0 Å². The third-order valence-corrected chi connectivity index (χ3v) is 30.1. The van der Waals surface area contributed by atoms with Gasteiger partial charge in [0.1, 0.15) is 0 Å². The Morgan fingerprint density at radius 3 is 0.904 bits per heavy atom. The van der Waals surface area contributed by atoms with Gasteiger partial charge in [-0.2, -0.15) is 0 Å². The number of nitrogens with zero attached hydrogens (tertiary/aromatic N) is 2. The highest BCUT2D eigenvalue weighted by molar-refractivity contribution is 5.14. The van der Waals surface area contributed by atoms with Gasteiger partial charge in [-0.15, -0.1) is 0 Å². The lowest BCUT2D eigenvalue weighted by Gasteiger charge is -2.56. The monoisotopic (exact) mass is 1000 g/mol. The van der Waals surface area contributed by atoms with Gasteiger partial charge in [0.15, 0.2) is 0 Å². The summed E-state index contributed by atoms with van der Waals surface area (Å²) in [7, 11) is 0. The van der Waals surface area contributed by atoms with Crippen LogP contribution in [0.4, 0.5) is 0 Å². The summed E-state index contributed by atoms with van der Waals surface area (Å²) in [5.41, 5.74) is 1.91. The van der Waals surface area contributed by atoms with Crippen LogP contribution in [-0.4, -0.2) is 46.1 Å². The zero-order valence-electron chi connectivity index (χ0n) is 50.0. The second kappa shape index (κ2) is 22.1. The minimum absolute atomic E-state index is 0.633. The third kappa shape index (κ3) is 8.80. The summed E-state index contributed by atoms with van der Waals surface area (Å²) in [6.07, 6.45) is 58.3. The Hall–Kier alpha value is -0.0800. The quantitative estimate of drug-likeness (QED) is 0.181. The molecule has 2 nitrogen and oxygen atoms in total. The minimum atomic E-state index is 0.633. The molecule has 416 valence electrons. The van der Waals surface area contributed by atoms with Crippen LogP contribution in [0.2, 0.25) is 0 Å². The molecular weight excluding hydrogens is 881 g/mol. The van der Waals surface area contributed by atoms with E-state index in [0.717, 1.165) is 131 Å². The van der Waals surface area contributed by atoms with Crippen LogP contribution in [0, 0.1) is 111 Å². The minimum Gasteiger partial charge on any atom is -0.294 e. The molecule has 0 aliphatic heterocycles. The van der Waals surface area contributed by atoms with E-state index in [1.807, 2.05) is 0 Å². The molecule has 21 unspecified atom stereocenters. The lowest BCUT2D eigenvalue weighted by atomic mass is 9.60. The van der Waals surface area contributed by atoms with Gasteiger partial charge in [0, 0.05) is 36.3 Å². The SMILES string of the molecule is CCC1(CC)C2CCCCC2C2CCC(N(C3CCCCC3)C3CCC(C4CCC(N(C5CCC6C7CCCCC7C(CC)(CC)C6C5)C5CCC6C7CCCCC7C(CC)(CC)C6C5)C(C)C4)CC3C)CC21. The van der Waals surface area contributed by atoms with Gasteiger partial charge in [0.05, 0.1) is 0 Å². The molecule has 21 atom stereocenters. The molecule has 0 saturated heterocycles. The Morgan fingerprint density at radius 1 is 0.274 bits per heavy atom. The fourth-order valence-electron chi connectivity index (χ4n) is 27.4. The van der Waals surface area contributed by atoms with Crippen molar-refractivity contribution in [2.24, 2.45) is 111 Å². The predicted molar refractivity (Wildman–Crippen MR) is 310 cm³/mol. The van der Waals surface area contributed by atoms with Gasteiger partial charge in [-0.1, -0.05) is 113 Å². The highest BCUT2D eigenvalue weighted by Gasteiger charge is 2.64.